The van der Waals surface area contributed by atoms with Crippen molar-refractivity contribution < 1.29 is 9.22 Å². The standard InChI is InChI=1S/C60H48O2Si/c1-2-60(61)62-63(42-57-51(45-24-9-3-10-25-45)36-21-37-52(57)46-26-11-4-12-27-46,43-58-53(47-28-13-5-14-29-47)38-22-39-54(58)48-30-15-6-16-31-48)44-59-55(49-32-17-7-18-33-49)40-23-41-56(59)50-34-19-8-20-35-50/h2-41H,1,42-44H2. The minimum Gasteiger partial charge on any atom is -0.515 e. The van der Waals surface area contributed by atoms with Gasteiger partial charge in [0.05, 0.1) is 0 Å². The number of carbonyl (C=O) groups excluding carboxylic acids is 1. The van der Waals surface area contributed by atoms with Crippen molar-refractivity contribution in [3.8, 4) is 66.8 Å². The summed E-state index contributed by atoms with van der Waals surface area (Å²) >= 11 is 0. The summed E-state index contributed by atoms with van der Waals surface area (Å²) in [6.07, 6.45) is 1.35. The van der Waals surface area contributed by atoms with Crippen LogP contribution in [0, 0.1) is 0 Å². The number of benzene rings is 9. The average molecular weight is 829 g/mol. The Morgan fingerprint density at radius 2 is 0.540 bits per heavy atom. The largest absolute Gasteiger partial charge is 0.515 e. The molecule has 0 aromatic heterocycles. The normalized spacial score (nSPS) is 11.2. The molecule has 0 atom stereocenters. The fourth-order valence-electron chi connectivity index (χ4n) is 9.18. The molecule has 304 valence electrons. The summed E-state index contributed by atoms with van der Waals surface area (Å²) in [6.45, 7) is 4.00. The molecule has 9 aromatic rings. The van der Waals surface area contributed by atoms with Crippen LogP contribution in [0.1, 0.15) is 16.7 Å². The van der Waals surface area contributed by atoms with E-state index in [1.54, 1.807) is 0 Å². The van der Waals surface area contributed by atoms with Crippen molar-refractivity contribution in [2.24, 2.45) is 0 Å². The molecule has 0 spiro atoms. The Balaban J connectivity index is 1.38. The van der Waals surface area contributed by atoms with Gasteiger partial charge in [-0.25, -0.2) is 4.79 Å². The molecular weight excluding hydrogens is 781 g/mol. The fraction of sp³-hybridized carbons (Fsp3) is 0.0500. The summed E-state index contributed by atoms with van der Waals surface area (Å²) in [7, 11) is -3.51. The molecule has 0 aliphatic carbocycles. The van der Waals surface area contributed by atoms with E-state index in [9.17, 15) is 4.79 Å². The van der Waals surface area contributed by atoms with Gasteiger partial charge in [0.2, 0.25) is 0 Å². The quantitative estimate of drug-likeness (QED) is 0.0806. The lowest BCUT2D eigenvalue weighted by Crippen LogP contribution is -2.49. The third-order valence-corrected chi connectivity index (χ3v) is 15.6. The molecule has 0 aliphatic heterocycles. The van der Waals surface area contributed by atoms with Gasteiger partial charge in [-0.05, 0) is 83.5 Å². The first-order valence-corrected chi connectivity index (χ1v) is 24.2. The van der Waals surface area contributed by atoms with Gasteiger partial charge < -0.3 is 4.43 Å². The Kier molecular flexibility index (Phi) is 12.3. The lowest BCUT2D eigenvalue weighted by molar-refractivity contribution is -0.129. The zero-order valence-corrected chi connectivity index (χ0v) is 36.2. The van der Waals surface area contributed by atoms with Gasteiger partial charge in [-0.1, -0.05) is 243 Å². The van der Waals surface area contributed by atoms with Crippen molar-refractivity contribution in [2.45, 2.75) is 18.1 Å². The van der Waals surface area contributed by atoms with Gasteiger partial charge >= 0.3 is 5.97 Å². The second-order valence-corrected chi connectivity index (χ2v) is 19.7. The molecule has 0 heterocycles. The highest BCUT2D eigenvalue weighted by molar-refractivity contribution is 6.74. The topological polar surface area (TPSA) is 26.3 Å². The van der Waals surface area contributed by atoms with Crippen LogP contribution >= 0.6 is 0 Å². The van der Waals surface area contributed by atoms with Crippen LogP contribution in [0.4, 0.5) is 0 Å². The molecule has 0 saturated heterocycles. The summed E-state index contributed by atoms with van der Waals surface area (Å²) in [6, 6.07) is 85.2. The highest BCUT2D eigenvalue weighted by Crippen LogP contribution is 2.43. The van der Waals surface area contributed by atoms with E-state index in [1.807, 2.05) is 0 Å². The second-order valence-electron chi connectivity index (χ2n) is 16.0. The molecule has 9 aromatic carbocycles. The maximum absolute atomic E-state index is 14.4. The maximum Gasteiger partial charge on any atom is 0.316 e. The van der Waals surface area contributed by atoms with Crippen LogP contribution < -0.4 is 0 Å². The molecule has 0 aliphatic rings. The summed E-state index contributed by atoms with van der Waals surface area (Å²) in [4.78, 5) is 14.4. The smallest absolute Gasteiger partial charge is 0.316 e. The highest BCUT2D eigenvalue weighted by Gasteiger charge is 2.43. The van der Waals surface area contributed by atoms with Gasteiger partial charge in [-0.15, -0.1) is 0 Å². The Hall–Kier alpha value is -7.59. The highest BCUT2D eigenvalue weighted by atomic mass is 28.4. The molecule has 0 unspecified atom stereocenters. The van der Waals surface area contributed by atoms with E-state index >= 15 is 0 Å². The van der Waals surface area contributed by atoms with Crippen molar-refractivity contribution in [2.75, 3.05) is 0 Å². The molecular formula is C60H48O2Si. The zero-order chi connectivity index (χ0) is 42.9. The Labute approximate surface area is 372 Å². The number of rotatable bonds is 14. The van der Waals surface area contributed by atoms with Crippen molar-refractivity contribution in [1.82, 2.24) is 0 Å². The van der Waals surface area contributed by atoms with E-state index in [-0.39, 0.29) is 0 Å². The van der Waals surface area contributed by atoms with E-state index in [0.29, 0.717) is 18.1 Å². The van der Waals surface area contributed by atoms with Crippen LogP contribution in [0.15, 0.2) is 249 Å². The molecule has 63 heavy (non-hydrogen) atoms. The summed E-state index contributed by atoms with van der Waals surface area (Å²) < 4.78 is 7.33. The van der Waals surface area contributed by atoms with Gasteiger partial charge in [0.15, 0.2) is 0 Å². The van der Waals surface area contributed by atoms with E-state index in [0.717, 1.165) is 83.5 Å². The van der Waals surface area contributed by atoms with Crippen LogP contribution in [0.3, 0.4) is 0 Å². The third kappa shape index (κ3) is 9.06. The molecule has 2 nitrogen and oxygen atoms in total. The van der Waals surface area contributed by atoms with E-state index in [1.165, 1.54) is 6.08 Å². The van der Waals surface area contributed by atoms with E-state index in [2.05, 4.69) is 243 Å². The van der Waals surface area contributed by atoms with Crippen LogP contribution in [0.5, 0.6) is 0 Å². The zero-order valence-electron chi connectivity index (χ0n) is 35.2. The molecule has 0 amide bonds. The Bertz CT molecular complexity index is 2470. The molecule has 9 rings (SSSR count). The van der Waals surface area contributed by atoms with Gasteiger partial charge in [-0.2, -0.15) is 0 Å². The minimum absolute atomic E-state index is 0.406. The minimum atomic E-state index is -3.51. The fourth-order valence-corrected chi connectivity index (χ4v) is 13.4. The predicted octanol–water partition coefficient (Wildman–Crippen LogP) is 15.0. The maximum atomic E-state index is 14.4. The van der Waals surface area contributed by atoms with E-state index < -0.39 is 14.3 Å². The van der Waals surface area contributed by atoms with Crippen LogP contribution in [-0.4, -0.2) is 14.3 Å². The van der Waals surface area contributed by atoms with Crippen molar-refractivity contribution in [3.05, 3.63) is 266 Å². The third-order valence-electron chi connectivity index (χ3n) is 12.0. The molecule has 0 N–H and O–H groups in total. The van der Waals surface area contributed by atoms with Crippen LogP contribution in [-0.2, 0) is 27.4 Å². The van der Waals surface area contributed by atoms with Crippen LogP contribution in [0.25, 0.3) is 66.8 Å². The van der Waals surface area contributed by atoms with Gasteiger partial charge in [-0.3, -0.25) is 0 Å². The van der Waals surface area contributed by atoms with Crippen LogP contribution in [0.2, 0.25) is 0 Å². The lowest BCUT2D eigenvalue weighted by atomic mass is 9.92. The first-order valence-electron chi connectivity index (χ1n) is 21.6. The molecule has 0 fully saturated rings. The number of hydrogen-bond donors (Lipinski definition) is 0. The summed E-state index contributed by atoms with van der Waals surface area (Å²) in [5.41, 5.74) is 17.0. The molecule has 0 radical (unpaired) electrons. The number of hydrogen-bond acceptors (Lipinski definition) is 2. The number of carbonyl (C=O) groups is 1. The van der Waals surface area contributed by atoms with Gasteiger partial charge in [0.25, 0.3) is 8.32 Å². The van der Waals surface area contributed by atoms with Crippen molar-refractivity contribution in [1.29, 1.82) is 0 Å². The monoisotopic (exact) mass is 828 g/mol. The molecule has 0 bridgehead atoms. The first-order chi connectivity index (χ1) is 31.1. The van der Waals surface area contributed by atoms with Crippen molar-refractivity contribution in [3.63, 3.8) is 0 Å². The SMILES string of the molecule is C=CC(=O)O[Si](Cc1c(-c2ccccc2)cccc1-c1ccccc1)(Cc1c(-c2ccccc2)cccc1-c1ccccc1)Cc1c(-c2ccccc2)cccc1-c1ccccc1. The second kappa shape index (κ2) is 19.0. The predicted molar refractivity (Wildman–Crippen MR) is 265 cm³/mol. The van der Waals surface area contributed by atoms with E-state index in [4.69, 9.17) is 4.43 Å². The Morgan fingerprint density at radius 1 is 0.333 bits per heavy atom. The summed E-state index contributed by atoms with van der Waals surface area (Å²) in [5, 5.41) is 0. The van der Waals surface area contributed by atoms with Gasteiger partial charge in [0, 0.05) is 24.2 Å². The van der Waals surface area contributed by atoms with Gasteiger partial charge in [0.1, 0.15) is 0 Å². The van der Waals surface area contributed by atoms with Crippen molar-refractivity contribution >= 4 is 14.3 Å². The summed E-state index contributed by atoms with van der Waals surface area (Å²) in [5.74, 6) is -0.406. The molecule has 0 saturated carbocycles. The lowest BCUT2D eigenvalue weighted by Gasteiger charge is -2.35. The first kappa shape index (κ1) is 40.8. The average Bonchev–Trinajstić information content (AvgIpc) is 3.35. The Morgan fingerprint density at radius 3 is 0.730 bits per heavy atom. The molecule has 3 heteroatoms.